The number of hydrogen-bond donors (Lipinski definition) is 2. The summed E-state index contributed by atoms with van der Waals surface area (Å²) in [5, 5.41) is 8.63. The van der Waals surface area contributed by atoms with Gasteiger partial charge in [0.25, 0.3) is 5.56 Å². The first-order valence-electron chi connectivity index (χ1n) is 11.3. The van der Waals surface area contributed by atoms with E-state index in [-0.39, 0.29) is 5.25 Å². The number of hydrogen-bond acceptors (Lipinski definition) is 8. The SMILES string of the molecule is O=c1cnn(-c2cc(Cl)c(C(Sc3nccc(N4CCNCC4)n3)c3ccc(Cl)cc3)c(Cl)c2)c(=O)[nH]1. The predicted octanol–water partition coefficient (Wildman–Crippen LogP) is 3.96. The minimum atomic E-state index is -0.700. The zero-order valence-electron chi connectivity index (χ0n) is 19.2. The number of thioether (sulfide) groups is 1. The lowest BCUT2D eigenvalue weighted by molar-refractivity contribution is 0.582. The molecule has 1 atom stereocenters. The molecule has 0 bridgehead atoms. The molecule has 37 heavy (non-hydrogen) atoms. The largest absolute Gasteiger partial charge is 0.354 e. The molecule has 13 heteroatoms. The van der Waals surface area contributed by atoms with E-state index in [0.717, 1.165) is 48.4 Å². The Balaban J connectivity index is 1.55. The zero-order chi connectivity index (χ0) is 25.9. The summed E-state index contributed by atoms with van der Waals surface area (Å²) in [7, 11) is 0. The van der Waals surface area contributed by atoms with Crippen LogP contribution in [-0.4, -0.2) is 50.9 Å². The molecule has 0 saturated carbocycles. The van der Waals surface area contributed by atoms with Gasteiger partial charge in [0.1, 0.15) is 12.0 Å². The highest BCUT2D eigenvalue weighted by molar-refractivity contribution is 7.99. The normalized spacial score (nSPS) is 14.5. The van der Waals surface area contributed by atoms with Gasteiger partial charge in [-0.05, 0) is 35.9 Å². The van der Waals surface area contributed by atoms with Gasteiger partial charge >= 0.3 is 5.69 Å². The summed E-state index contributed by atoms with van der Waals surface area (Å²) in [5.41, 5.74) is 0.526. The highest BCUT2D eigenvalue weighted by Gasteiger charge is 2.25. The topological polar surface area (TPSA) is 109 Å². The molecule has 1 saturated heterocycles. The highest BCUT2D eigenvalue weighted by atomic mass is 35.5. The lowest BCUT2D eigenvalue weighted by Gasteiger charge is -2.28. The van der Waals surface area contributed by atoms with Crippen molar-refractivity contribution in [1.29, 1.82) is 0 Å². The van der Waals surface area contributed by atoms with Gasteiger partial charge in [0, 0.05) is 53.0 Å². The fourth-order valence-electron chi connectivity index (χ4n) is 3.98. The van der Waals surface area contributed by atoms with Crippen molar-refractivity contribution in [2.45, 2.75) is 10.4 Å². The number of halogens is 3. The van der Waals surface area contributed by atoms with E-state index in [4.69, 9.17) is 39.8 Å². The number of benzene rings is 2. The summed E-state index contributed by atoms with van der Waals surface area (Å²) in [4.78, 5) is 37.3. The molecule has 1 aliphatic heterocycles. The third-order valence-corrected chi connectivity index (χ3v) is 7.77. The van der Waals surface area contributed by atoms with Gasteiger partial charge in [-0.1, -0.05) is 58.7 Å². The summed E-state index contributed by atoms with van der Waals surface area (Å²) >= 11 is 21.1. The maximum atomic E-state index is 12.3. The van der Waals surface area contributed by atoms with E-state index in [1.807, 2.05) is 18.2 Å². The van der Waals surface area contributed by atoms with E-state index >= 15 is 0 Å². The molecule has 4 aromatic rings. The molecule has 0 radical (unpaired) electrons. The summed E-state index contributed by atoms with van der Waals surface area (Å²) in [6.07, 6.45) is 2.75. The van der Waals surface area contributed by atoms with Crippen LogP contribution in [0.4, 0.5) is 5.82 Å². The summed E-state index contributed by atoms with van der Waals surface area (Å²) in [6.45, 7) is 3.51. The van der Waals surface area contributed by atoms with Gasteiger partial charge in [-0.25, -0.2) is 14.8 Å². The number of piperazine rings is 1. The zero-order valence-corrected chi connectivity index (χ0v) is 22.3. The van der Waals surface area contributed by atoms with Crippen LogP contribution in [0, 0.1) is 0 Å². The number of aromatic amines is 1. The fourth-order valence-corrected chi connectivity index (χ4v) is 6.07. The molecule has 3 heterocycles. The molecule has 1 aliphatic rings. The molecular weight excluding hydrogens is 557 g/mol. The van der Waals surface area contributed by atoms with Crippen LogP contribution in [0.25, 0.3) is 5.69 Å². The monoisotopic (exact) mass is 575 g/mol. The Morgan fingerprint density at radius 3 is 2.35 bits per heavy atom. The average Bonchev–Trinajstić information content (AvgIpc) is 2.89. The van der Waals surface area contributed by atoms with Crippen molar-refractivity contribution >= 4 is 52.4 Å². The van der Waals surface area contributed by atoms with E-state index in [2.05, 4.69) is 25.3 Å². The van der Waals surface area contributed by atoms with Gasteiger partial charge in [-0.3, -0.25) is 9.78 Å². The van der Waals surface area contributed by atoms with Crippen molar-refractivity contribution < 1.29 is 0 Å². The van der Waals surface area contributed by atoms with Gasteiger partial charge in [0.2, 0.25) is 0 Å². The molecule has 9 nitrogen and oxygen atoms in total. The molecule has 2 N–H and O–H groups in total. The first-order chi connectivity index (χ1) is 17.9. The molecule has 0 spiro atoms. The van der Waals surface area contributed by atoms with E-state index in [0.29, 0.717) is 31.5 Å². The summed E-state index contributed by atoms with van der Waals surface area (Å²) < 4.78 is 1.02. The van der Waals surface area contributed by atoms with E-state index < -0.39 is 11.2 Å². The number of aromatic nitrogens is 5. The quantitative estimate of drug-likeness (QED) is 0.262. The van der Waals surface area contributed by atoms with Crippen LogP contribution in [0.1, 0.15) is 16.4 Å². The van der Waals surface area contributed by atoms with Gasteiger partial charge in [0.05, 0.1) is 10.9 Å². The molecule has 1 unspecified atom stereocenters. The van der Waals surface area contributed by atoms with Crippen molar-refractivity contribution in [3.8, 4) is 5.69 Å². The Hall–Kier alpha value is -2.89. The van der Waals surface area contributed by atoms with Gasteiger partial charge < -0.3 is 10.2 Å². The molecule has 0 amide bonds. The van der Waals surface area contributed by atoms with Crippen molar-refractivity contribution in [3.05, 3.63) is 102 Å². The molecule has 5 rings (SSSR count). The Morgan fingerprint density at radius 2 is 1.68 bits per heavy atom. The van der Waals surface area contributed by atoms with Crippen molar-refractivity contribution in [3.63, 3.8) is 0 Å². The number of rotatable bonds is 6. The van der Waals surface area contributed by atoms with Crippen LogP contribution in [0.3, 0.4) is 0 Å². The van der Waals surface area contributed by atoms with Crippen molar-refractivity contribution in [2.24, 2.45) is 0 Å². The van der Waals surface area contributed by atoms with E-state index in [1.165, 1.54) is 11.8 Å². The third kappa shape index (κ3) is 5.83. The van der Waals surface area contributed by atoms with Crippen LogP contribution in [0.2, 0.25) is 15.1 Å². The van der Waals surface area contributed by atoms with Crippen molar-refractivity contribution in [1.82, 2.24) is 30.0 Å². The Labute approximate surface area is 230 Å². The Morgan fingerprint density at radius 1 is 0.973 bits per heavy atom. The van der Waals surface area contributed by atoms with Crippen LogP contribution < -0.4 is 21.5 Å². The fraction of sp³-hybridized carbons (Fsp3) is 0.208. The smallest absolute Gasteiger partial charge is 0.349 e. The molecule has 2 aromatic heterocycles. The first kappa shape index (κ1) is 25.7. The maximum absolute atomic E-state index is 12.3. The Bertz CT molecular complexity index is 1520. The second-order valence-electron chi connectivity index (χ2n) is 8.16. The number of nitrogens with zero attached hydrogens (tertiary/aromatic N) is 5. The predicted molar refractivity (Wildman–Crippen MR) is 147 cm³/mol. The minimum absolute atomic E-state index is 0.313. The molecule has 1 fully saturated rings. The molecule has 190 valence electrons. The van der Waals surface area contributed by atoms with Crippen LogP contribution >= 0.6 is 46.6 Å². The third-order valence-electron chi connectivity index (χ3n) is 5.74. The standard InChI is InChI=1S/C24H20Cl3N7O2S/c25-15-3-1-14(2-4-15)22(37-23-29-6-5-19(31-23)33-9-7-28-8-10-33)21-17(26)11-16(12-18(21)27)34-24(36)32-20(35)13-30-34/h1-6,11-13,22,28H,7-10H2,(H,32,35,36). The van der Waals surface area contributed by atoms with E-state index in [1.54, 1.807) is 30.5 Å². The molecular formula is C24H20Cl3N7O2S. The summed E-state index contributed by atoms with van der Waals surface area (Å²) in [6, 6.07) is 12.4. The van der Waals surface area contributed by atoms with Gasteiger partial charge in [0.15, 0.2) is 5.16 Å². The minimum Gasteiger partial charge on any atom is -0.354 e. The van der Waals surface area contributed by atoms with Crippen LogP contribution in [0.5, 0.6) is 0 Å². The highest BCUT2D eigenvalue weighted by Crippen LogP contribution is 2.46. The van der Waals surface area contributed by atoms with Crippen molar-refractivity contribution in [2.75, 3.05) is 31.1 Å². The second kappa shape index (κ2) is 11.2. The second-order valence-corrected chi connectivity index (χ2v) is 10.5. The maximum Gasteiger partial charge on any atom is 0.349 e. The molecule has 0 aliphatic carbocycles. The number of anilines is 1. The van der Waals surface area contributed by atoms with Crippen LogP contribution in [-0.2, 0) is 0 Å². The molecule has 2 aromatic carbocycles. The number of nitrogens with one attached hydrogen (secondary N) is 2. The van der Waals surface area contributed by atoms with Gasteiger partial charge in [-0.2, -0.15) is 9.78 Å². The van der Waals surface area contributed by atoms with Gasteiger partial charge in [-0.15, -0.1) is 0 Å². The first-order valence-corrected chi connectivity index (χ1v) is 13.3. The lowest BCUT2D eigenvalue weighted by Crippen LogP contribution is -2.43. The average molecular weight is 577 g/mol. The Kier molecular flexibility index (Phi) is 7.82. The van der Waals surface area contributed by atoms with E-state index in [9.17, 15) is 9.59 Å². The summed E-state index contributed by atoms with van der Waals surface area (Å²) in [5.74, 6) is 0.852. The van der Waals surface area contributed by atoms with Crippen LogP contribution in [0.15, 0.2) is 69.6 Å². The number of H-pyrrole nitrogens is 1. The lowest BCUT2D eigenvalue weighted by atomic mass is 10.0.